The highest BCUT2D eigenvalue weighted by molar-refractivity contribution is 5.97. The van der Waals surface area contributed by atoms with E-state index in [2.05, 4.69) is 10.2 Å². The molecule has 1 saturated heterocycles. The molecule has 1 unspecified atom stereocenters. The number of ketones is 1. The van der Waals surface area contributed by atoms with Gasteiger partial charge in [-0.25, -0.2) is 4.39 Å². The Labute approximate surface area is 170 Å². The highest BCUT2D eigenvalue weighted by atomic mass is 19.1. The van der Waals surface area contributed by atoms with Crippen molar-refractivity contribution in [1.29, 1.82) is 0 Å². The summed E-state index contributed by atoms with van der Waals surface area (Å²) in [6, 6.07) is 13.4. The zero-order valence-electron chi connectivity index (χ0n) is 16.7. The number of Topliss-reactive ketones (excluding diaryl/α,β-unsaturated/α-hetero) is 1. The third-order valence-electron chi connectivity index (χ3n) is 5.32. The van der Waals surface area contributed by atoms with Gasteiger partial charge in [0, 0.05) is 24.9 Å². The van der Waals surface area contributed by atoms with E-state index in [-0.39, 0.29) is 36.4 Å². The molecule has 3 rings (SSSR count). The lowest BCUT2D eigenvalue weighted by molar-refractivity contribution is -0.121. The Kier molecular flexibility index (Phi) is 7.36. The molecule has 154 valence electrons. The van der Waals surface area contributed by atoms with E-state index in [0.29, 0.717) is 12.1 Å². The number of hydrogen-bond donors (Lipinski definition) is 1. The Morgan fingerprint density at radius 3 is 2.31 bits per heavy atom. The van der Waals surface area contributed by atoms with Gasteiger partial charge in [0.25, 0.3) is 0 Å². The van der Waals surface area contributed by atoms with Crippen LogP contribution in [0, 0.1) is 5.82 Å². The normalized spacial score (nSPS) is 15.1. The van der Waals surface area contributed by atoms with Gasteiger partial charge >= 0.3 is 0 Å². The van der Waals surface area contributed by atoms with Gasteiger partial charge in [-0.2, -0.15) is 0 Å². The van der Waals surface area contributed by atoms with Gasteiger partial charge in [0.2, 0.25) is 5.91 Å². The van der Waals surface area contributed by atoms with E-state index in [1.807, 2.05) is 24.3 Å². The van der Waals surface area contributed by atoms with Gasteiger partial charge in [0.1, 0.15) is 11.6 Å². The summed E-state index contributed by atoms with van der Waals surface area (Å²) in [5.41, 5.74) is 1.56. The van der Waals surface area contributed by atoms with E-state index in [0.717, 1.165) is 37.2 Å². The van der Waals surface area contributed by atoms with Crippen LogP contribution in [0.1, 0.15) is 47.6 Å². The van der Waals surface area contributed by atoms with Crippen molar-refractivity contribution in [1.82, 2.24) is 10.2 Å². The van der Waals surface area contributed by atoms with Crippen LogP contribution in [-0.2, 0) is 4.79 Å². The Balaban J connectivity index is 1.54. The second kappa shape index (κ2) is 10.2. The molecule has 0 aromatic heterocycles. The largest absolute Gasteiger partial charge is 0.497 e. The number of ether oxygens (including phenoxy) is 1. The molecule has 1 aliphatic rings. The molecule has 1 amide bonds. The molecule has 6 heteroatoms. The average Bonchev–Trinajstić information content (AvgIpc) is 3.27. The minimum atomic E-state index is -0.384. The Morgan fingerprint density at radius 1 is 1.03 bits per heavy atom. The number of rotatable bonds is 9. The minimum absolute atomic E-state index is 0.0974. The molecule has 0 saturated carbocycles. The Hall–Kier alpha value is -2.73. The summed E-state index contributed by atoms with van der Waals surface area (Å²) >= 11 is 0. The van der Waals surface area contributed by atoms with Gasteiger partial charge in [-0.15, -0.1) is 0 Å². The SMILES string of the molecule is COc1ccc(C(CNC(=O)CCC(=O)c2ccc(F)cc2)N2CCCC2)cc1. The second-order valence-electron chi connectivity index (χ2n) is 7.27. The van der Waals surface area contributed by atoms with Gasteiger partial charge in [-0.3, -0.25) is 14.5 Å². The Bertz CT molecular complexity index is 815. The van der Waals surface area contributed by atoms with E-state index >= 15 is 0 Å². The fourth-order valence-electron chi connectivity index (χ4n) is 3.64. The van der Waals surface area contributed by atoms with E-state index in [9.17, 15) is 14.0 Å². The number of nitrogens with zero attached hydrogens (tertiary/aromatic N) is 1. The lowest BCUT2D eigenvalue weighted by Crippen LogP contribution is -2.36. The summed E-state index contributed by atoms with van der Waals surface area (Å²) in [5, 5.41) is 2.98. The first-order chi connectivity index (χ1) is 14.1. The van der Waals surface area contributed by atoms with Crippen molar-refractivity contribution in [2.24, 2.45) is 0 Å². The monoisotopic (exact) mass is 398 g/mol. The maximum atomic E-state index is 13.0. The van der Waals surface area contributed by atoms with E-state index in [1.165, 1.54) is 24.3 Å². The maximum Gasteiger partial charge on any atom is 0.220 e. The van der Waals surface area contributed by atoms with Crippen LogP contribution < -0.4 is 10.1 Å². The second-order valence-corrected chi connectivity index (χ2v) is 7.27. The molecule has 2 aromatic rings. The van der Waals surface area contributed by atoms with Crippen LogP contribution in [0.15, 0.2) is 48.5 Å². The molecular formula is C23H27FN2O3. The van der Waals surface area contributed by atoms with Crippen molar-refractivity contribution < 1.29 is 18.7 Å². The number of hydrogen-bond acceptors (Lipinski definition) is 4. The summed E-state index contributed by atoms with van der Waals surface area (Å²) in [4.78, 5) is 26.9. The van der Waals surface area contributed by atoms with Crippen molar-refractivity contribution in [2.45, 2.75) is 31.7 Å². The van der Waals surface area contributed by atoms with Crippen molar-refractivity contribution in [3.63, 3.8) is 0 Å². The summed E-state index contributed by atoms with van der Waals surface area (Å²) in [6.45, 7) is 2.52. The number of likely N-dealkylation sites (tertiary alicyclic amines) is 1. The number of nitrogens with one attached hydrogen (secondary N) is 1. The van der Waals surface area contributed by atoms with Gasteiger partial charge in [-0.05, 0) is 67.9 Å². The standard InChI is InChI=1S/C23H27FN2O3/c1-29-20-10-6-17(7-11-20)21(26-14-2-3-15-26)16-25-23(28)13-12-22(27)18-4-8-19(24)9-5-18/h4-11,21H,2-3,12-16H2,1H3,(H,25,28). The number of halogens is 1. The molecule has 1 N–H and O–H groups in total. The first kappa shape index (κ1) is 21.0. The number of benzene rings is 2. The molecule has 2 aromatic carbocycles. The molecule has 1 aliphatic heterocycles. The molecular weight excluding hydrogens is 371 g/mol. The van der Waals surface area contributed by atoms with Crippen molar-refractivity contribution in [3.05, 3.63) is 65.5 Å². The van der Waals surface area contributed by atoms with Crippen LogP contribution in [-0.4, -0.2) is 43.3 Å². The summed E-state index contributed by atoms with van der Waals surface area (Å²) in [6.07, 6.45) is 2.54. The highest BCUT2D eigenvalue weighted by Gasteiger charge is 2.24. The van der Waals surface area contributed by atoms with Crippen LogP contribution in [0.25, 0.3) is 0 Å². The summed E-state index contributed by atoms with van der Waals surface area (Å²) < 4.78 is 18.2. The lowest BCUT2D eigenvalue weighted by Gasteiger charge is -2.28. The topological polar surface area (TPSA) is 58.6 Å². The van der Waals surface area contributed by atoms with Crippen LogP contribution in [0.5, 0.6) is 5.75 Å². The molecule has 1 fully saturated rings. The third kappa shape index (κ3) is 5.87. The molecule has 5 nitrogen and oxygen atoms in total. The van der Waals surface area contributed by atoms with Gasteiger partial charge in [0.15, 0.2) is 5.78 Å². The van der Waals surface area contributed by atoms with Crippen molar-refractivity contribution >= 4 is 11.7 Å². The molecule has 0 radical (unpaired) electrons. The molecule has 0 bridgehead atoms. The first-order valence-electron chi connectivity index (χ1n) is 10.0. The van der Waals surface area contributed by atoms with Crippen molar-refractivity contribution in [3.8, 4) is 5.75 Å². The zero-order valence-corrected chi connectivity index (χ0v) is 16.7. The van der Waals surface area contributed by atoms with E-state index < -0.39 is 0 Å². The molecule has 1 heterocycles. The van der Waals surface area contributed by atoms with Gasteiger partial charge < -0.3 is 10.1 Å². The van der Waals surface area contributed by atoms with Crippen molar-refractivity contribution in [2.75, 3.05) is 26.7 Å². The molecule has 0 aliphatic carbocycles. The third-order valence-corrected chi connectivity index (χ3v) is 5.32. The van der Waals surface area contributed by atoms with Gasteiger partial charge in [0.05, 0.1) is 13.2 Å². The van der Waals surface area contributed by atoms with Gasteiger partial charge in [-0.1, -0.05) is 12.1 Å². The maximum absolute atomic E-state index is 13.0. The molecule has 1 atom stereocenters. The zero-order chi connectivity index (χ0) is 20.6. The van der Waals surface area contributed by atoms with Crippen LogP contribution >= 0.6 is 0 Å². The van der Waals surface area contributed by atoms with E-state index in [4.69, 9.17) is 4.74 Å². The summed E-state index contributed by atoms with van der Waals surface area (Å²) in [7, 11) is 1.64. The number of carbonyl (C=O) groups excluding carboxylic acids is 2. The number of amides is 1. The Morgan fingerprint density at radius 2 is 1.69 bits per heavy atom. The van der Waals surface area contributed by atoms with Crippen LogP contribution in [0.2, 0.25) is 0 Å². The fourth-order valence-corrected chi connectivity index (χ4v) is 3.64. The van der Waals surface area contributed by atoms with Crippen LogP contribution in [0.3, 0.4) is 0 Å². The quantitative estimate of drug-likeness (QED) is 0.654. The summed E-state index contributed by atoms with van der Waals surface area (Å²) in [5.74, 6) is 0.104. The average molecular weight is 398 g/mol. The highest BCUT2D eigenvalue weighted by Crippen LogP contribution is 2.26. The molecule has 0 spiro atoms. The number of methoxy groups -OCH3 is 1. The smallest absolute Gasteiger partial charge is 0.220 e. The minimum Gasteiger partial charge on any atom is -0.497 e. The fraction of sp³-hybridized carbons (Fsp3) is 0.391. The predicted molar refractivity (Wildman–Crippen MR) is 110 cm³/mol. The predicted octanol–water partition coefficient (Wildman–Crippen LogP) is 3.75. The van der Waals surface area contributed by atoms with Crippen LogP contribution in [0.4, 0.5) is 4.39 Å². The van der Waals surface area contributed by atoms with E-state index in [1.54, 1.807) is 7.11 Å². The first-order valence-corrected chi connectivity index (χ1v) is 10.0. The lowest BCUT2D eigenvalue weighted by atomic mass is 10.0. The molecule has 29 heavy (non-hydrogen) atoms. The number of carbonyl (C=O) groups is 2.